The molecule has 0 N–H and O–H groups in total. The van der Waals surface area contributed by atoms with Crippen LogP contribution in [0.3, 0.4) is 0 Å². The minimum Gasteiger partial charge on any atom is -0.454 e. The van der Waals surface area contributed by atoms with Crippen LogP contribution in [0.2, 0.25) is 0 Å². The zero-order valence-corrected chi connectivity index (χ0v) is 17.4. The summed E-state index contributed by atoms with van der Waals surface area (Å²) in [5.74, 6) is -0.167. The summed E-state index contributed by atoms with van der Waals surface area (Å²) in [5, 5.41) is 0. The Morgan fingerprint density at radius 3 is 2.00 bits per heavy atom. The third kappa shape index (κ3) is 4.37. The fourth-order valence-corrected chi connectivity index (χ4v) is 4.22. The second-order valence-corrected chi connectivity index (χ2v) is 7.91. The highest BCUT2D eigenvalue weighted by Crippen LogP contribution is 2.42. The second-order valence-electron chi connectivity index (χ2n) is 7.91. The van der Waals surface area contributed by atoms with Gasteiger partial charge in [-0.05, 0) is 37.1 Å². The van der Waals surface area contributed by atoms with Crippen molar-refractivity contribution in [3.8, 4) is 0 Å². The Kier molecular flexibility index (Phi) is 6.10. The molecule has 0 bridgehead atoms. The van der Waals surface area contributed by atoms with Crippen molar-refractivity contribution in [1.29, 1.82) is 0 Å². The lowest BCUT2D eigenvalue weighted by Gasteiger charge is -2.43. The molecule has 1 aliphatic heterocycles. The molecular weight excluding hydrogens is 370 g/mol. The van der Waals surface area contributed by atoms with Crippen LogP contribution in [0.1, 0.15) is 42.2 Å². The highest BCUT2D eigenvalue weighted by molar-refractivity contribution is 5.78. The number of rotatable bonds is 5. The summed E-state index contributed by atoms with van der Waals surface area (Å²) >= 11 is 0. The number of esters is 1. The maximum Gasteiger partial charge on any atom is 0.324 e. The fourth-order valence-electron chi connectivity index (χ4n) is 4.22. The number of benzene rings is 3. The number of cyclic esters (lactones) is 1. The van der Waals surface area contributed by atoms with Crippen molar-refractivity contribution in [2.24, 2.45) is 0 Å². The van der Waals surface area contributed by atoms with E-state index in [0.29, 0.717) is 6.42 Å². The first-order valence-electron chi connectivity index (χ1n) is 10.4. The van der Waals surface area contributed by atoms with Crippen molar-refractivity contribution in [2.45, 2.75) is 31.5 Å². The van der Waals surface area contributed by atoms with Crippen molar-refractivity contribution in [3.05, 3.63) is 113 Å². The summed E-state index contributed by atoms with van der Waals surface area (Å²) in [7, 11) is 2.04. The summed E-state index contributed by atoms with van der Waals surface area (Å²) in [6, 6.07) is 30.2. The van der Waals surface area contributed by atoms with E-state index in [1.165, 1.54) is 0 Å². The van der Waals surface area contributed by atoms with E-state index in [1.807, 2.05) is 73.8 Å². The molecule has 0 aliphatic carbocycles. The third-order valence-corrected chi connectivity index (χ3v) is 5.73. The van der Waals surface area contributed by atoms with E-state index in [-0.39, 0.29) is 24.2 Å². The van der Waals surface area contributed by atoms with E-state index in [2.05, 4.69) is 42.2 Å². The quantitative estimate of drug-likeness (QED) is 0.508. The van der Waals surface area contributed by atoms with E-state index in [4.69, 9.17) is 4.74 Å². The van der Waals surface area contributed by atoms with Crippen LogP contribution in [0, 0.1) is 0 Å². The maximum atomic E-state index is 13.1. The van der Waals surface area contributed by atoms with E-state index in [1.54, 1.807) is 0 Å². The van der Waals surface area contributed by atoms with Crippen LogP contribution in [-0.4, -0.2) is 24.0 Å². The first-order valence-corrected chi connectivity index (χ1v) is 10.4. The lowest BCUT2D eigenvalue weighted by molar-refractivity contribution is -0.173. The van der Waals surface area contributed by atoms with Crippen LogP contribution in [0.5, 0.6) is 0 Å². The highest BCUT2D eigenvalue weighted by Gasteiger charge is 2.43. The van der Waals surface area contributed by atoms with Gasteiger partial charge in [-0.1, -0.05) is 103 Å². The van der Waals surface area contributed by atoms with E-state index in [9.17, 15) is 4.79 Å². The molecule has 3 heteroatoms. The molecule has 1 saturated heterocycles. The average Bonchev–Trinajstić information content (AvgIpc) is 2.78. The van der Waals surface area contributed by atoms with Crippen LogP contribution in [-0.2, 0) is 9.53 Å². The summed E-state index contributed by atoms with van der Waals surface area (Å²) in [6.07, 6.45) is 2.44. The average molecular weight is 398 g/mol. The predicted molar refractivity (Wildman–Crippen MR) is 121 cm³/mol. The van der Waals surface area contributed by atoms with Gasteiger partial charge >= 0.3 is 5.97 Å². The van der Waals surface area contributed by atoms with Crippen molar-refractivity contribution >= 4 is 12.0 Å². The summed E-state index contributed by atoms with van der Waals surface area (Å²) in [4.78, 5) is 15.2. The Hall–Kier alpha value is -3.17. The smallest absolute Gasteiger partial charge is 0.324 e. The van der Waals surface area contributed by atoms with E-state index in [0.717, 1.165) is 22.3 Å². The lowest BCUT2D eigenvalue weighted by Crippen LogP contribution is -2.49. The maximum absolute atomic E-state index is 13.1. The number of likely N-dealkylation sites (N-methyl/N-ethyl adjacent to an activating group) is 1. The molecule has 1 fully saturated rings. The Balaban J connectivity index is 1.64. The molecule has 0 saturated carbocycles. The number of nitrogens with zero attached hydrogens (tertiary/aromatic N) is 1. The first kappa shape index (κ1) is 20.1. The van der Waals surface area contributed by atoms with Crippen LogP contribution < -0.4 is 0 Å². The number of hydrogen-bond acceptors (Lipinski definition) is 3. The van der Waals surface area contributed by atoms with Crippen LogP contribution in [0.25, 0.3) is 6.08 Å². The van der Waals surface area contributed by atoms with Crippen LogP contribution >= 0.6 is 0 Å². The molecule has 3 nitrogen and oxygen atoms in total. The Labute approximate surface area is 178 Å². The number of carbonyl (C=O) groups is 1. The molecule has 3 aromatic carbocycles. The van der Waals surface area contributed by atoms with Crippen LogP contribution in [0.4, 0.5) is 0 Å². The van der Waals surface area contributed by atoms with Gasteiger partial charge in [0.15, 0.2) is 0 Å². The molecule has 0 aromatic heterocycles. The fraction of sp³-hybridized carbons (Fsp3) is 0.222. The SMILES string of the molecule is C/C(=C\c1ccccc1)CC1C(=O)OC(c2ccccc2)C(c2ccccc2)N1C. The minimum absolute atomic E-state index is 0.0409. The highest BCUT2D eigenvalue weighted by atomic mass is 16.6. The Morgan fingerprint density at radius 2 is 1.40 bits per heavy atom. The van der Waals surface area contributed by atoms with Gasteiger partial charge in [-0.2, -0.15) is 0 Å². The topological polar surface area (TPSA) is 29.5 Å². The molecule has 0 radical (unpaired) electrons. The van der Waals surface area contributed by atoms with Gasteiger partial charge in [0.2, 0.25) is 0 Å². The lowest BCUT2D eigenvalue weighted by atomic mass is 9.90. The van der Waals surface area contributed by atoms with Gasteiger partial charge in [0, 0.05) is 0 Å². The largest absolute Gasteiger partial charge is 0.454 e. The predicted octanol–water partition coefficient (Wildman–Crippen LogP) is 5.82. The molecule has 152 valence electrons. The molecule has 3 unspecified atom stereocenters. The van der Waals surface area contributed by atoms with Gasteiger partial charge in [0.05, 0.1) is 6.04 Å². The minimum atomic E-state index is -0.333. The molecule has 0 spiro atoms. The van der Waals surface area contributed by atoms with Gasteiger partial charge in [-0.25, -0.2) is 0 Å². The Morgan fingerprint density at radius 1 is 0.867 bits per heavy atom. The van der Waals surface area contributed by atoms with Gasteiger partial charge in [0.1, 0.15) is 12.1 Å². The van der Waals surface area contributed by atoms with Gasteiger partial charge in [-0.3, -0.25) is 9.69 Å². The van der Waals surface area contributed by atoms with E-state index < -0.39 is 0 Å². The second kappa shape index (κ2) is 9.10. The van der Waals surface area contributed by atoms with Crippen LogP contribution in [0.15, 0.2) is 96.6 Å². The summed E-state index contributed by atoms with van der Waals surface area (Å²) in [5.41, 5.74) is 4.46. The zero-order chi connectivity index (χ0) is 20.9. The molecule has 3 aromatic rings. The molecular formula is C27H27NO2. The molecule has 1 aliphatic rings. The monoisotopic (exact) mass is 397 g/mol. The normalized spacial score (nSPS) is 22.5. The standard InChI is InChI=1S/C27H27NO2/c1-20(18-21-12-6-3-7-13-21)19-24-27(29)30-26(23-16-10-5-11-17-23)25(28(24)2)22-14-8-4-9-15-22/h3-18,24-26H,19H2,1-2H3/b20-18+. The van der Waals surface area contributed by atoms with Gasteiger partial charge < -0.3 is 4.74 Å². The molecule has 3 atom stereocenters. The van der Waals surface area contributed by atoms with Crippen molar-refractivity contribution < 1.29 is 9.53 Å². The number of carbonyl (C=O) groups excluding carboxylic acids is 1. The van der Waals surface area contributed by atoms with Gasteiger partial charge in [0.25, 0.3) is 0 Å². The third-order valence-electron chi connectivity index (χ3n) is 5.73. The van der Waals surface area contributed by atoms with Crippen molar-refractivity contribution in [1.82, 2.24) is 4.90 Å². The first-order chi connectivity index (χ1) is 14.6. The molecule has 0 amide bonds. The summed E-state index contributed by atoms with van der Waals surface area (Å²) in [6.45, 7) is 2.08. The van der Waals surface area contributed by atoms with Gasteiger partial charge in [-0.15, -0.1) is 0 Å². The number of hydrogen-bond donors (Lipinski definition) is 0. The van der Waals surface area contributed by atoms with Crippen molar-refractivity contribution in [3.63, 3.8) is 0 Å². The number of morpholine rings is 1. The number of ether oxygens (including phenoxy) is 1. The molecule has 30 heavy (non-hydrogen) atoms. The van der Waals surface area contributed by atoms with Crippen molar-refractivity contribution in [2.75, 3.05) is 7.05 Å². The molecule has 4 rings (SSSR count). The molecule has 1 heterocycles. The Bertz CT molecular complexity index is 999. The zero-order valence-electron chi connectivity index (χ0n) is 17.4. The van der Waals surface area contributed by atoms with E-state index >= 15 is 0 Å². The summed E-state index contributed by atoms with van der Waals surface area (Å²) < 4.78 is 6.07.